The molecule has 0 radical (unpaired) electrons. The first kappa shape index (κ1) is 18.2. The van der Waals surface area contributed by atoms with Crippen LogP contribution in [0.4, 0.5) is 0 Å². The topological polar surface area (TPSA) is 74.2 Å². The molecule has 0 heterocycles. The summed E-state index contributed by atoms with van der Waals surface area (Å²) < 4.78 is 21.8. The predicted molar refractivity (Wildman–Crippen MR) is 93.5 cm³/mol. The van der Waals surface area contributed by atoms with E-state index in [1.165, 1.54) is 6.08 Å². The smallest absolute Gasteiger partial charge is 0.328 e. The van der Waals surface area contributed by atoms with Crippen LogP contribution in [0.2, 0.25) is 0 Å². The van der Waals surface area contributed by atoms with E-state index in [1.807, 2.05) is 6.07 Å². The minimum absolute atomic E-state index is 0.224. The number of benzene rings is 2. The van der Waals surface area contributed by atoms with E-state index in [0.717, 1.165) is 17.2 Å². The number of hydrogen-bond acceptors (Lipinski definition) is 5. The van der Waals surface area contributed by atoms with Crippen LogP contribution in [0.3, 0.4) is 0 Å². The molecule has 0 fully saturated rings. The molecule has 2 rings (SSSR count). The van der Waals surface area contributed by atoms with Gasteiger partial charge in [-0.15, -0.1) is 0 Å². The van der Waals surface area contributed by atoms with Gasteiger partial charge in [-0.3, -0.25) is 0 Å². The van der Waals surface area contributed by atoms with Gasteiger partial charge in [0.15, 0.2) is 11.5 Å². The van der Waals surface area contributed by atoms with Crippen LogP contribution >= 0.6 is 0 Å². The fourth-order valence-corrected chi connectivity index (χ4v) is 2.31. The van der Waals surface area contributed by atoms with E-state index in [-0.39, 0.29) is 6.61 Å². The minimum atomic E-state index is -1.00. The van der Waals surface area contributed by atoms with Crippen molar-refractivity contribution >= 4 is 12.0 Å². The highest BCUT2D eigenvalue weighted by molar-refractivity contribution is 5.85. The second kappa shape index (κ2) is 8.63. The molecule has 2 aromatic rings. The molecule has 6 heteroatoms. The molecule has 0 aliphatic carbocycles. The number of methoxy groups -OCH3 is 3. The van der Waals surface area contributed by atoms with E-state index in [2.05, 4.69) is 0 Å². The maximum Gasteiger partial charge on any atom is 0.328 e. The molecule has 0 aliphatic rings. The molecule has 6 nitrogen and oxygen atoms in total. The molecule has 25 heavy (non-hydrogen) atoms. The van der Waals surface area contributed by atoms with Gasteiger partial charge in [0, 0.05) is 11.6 Å². The number of aliphatic carboxylic acids is 1. The van der Waals surface area contributed by atoms with E-state index < -0.39 is 5.97 Å². The van der Waals surface area contributed by atoms with E-state index in [0.29, 0.717) is 23.0 Å². The molecule has 1 N–H and O–H groups in total. The van der Waals surface area contributed by atoms with Crippen molar-refractivity contribution in [2.75, 3.05) is 21.3 Å². The zero-order valence-electron chi connectivity index (χ0n) is 14.3. The number of carboxylic acid groups (broad SMARTS) is 1. The molecular weight excluding hydrogens is 324 g/mol. The van der Waals surface area contributed by atoms with Gasteiger partial charge in [0.1, 0.15) is 12.4 Å². The van der Waals surface area contributed by atoms with Crippen LogP contribution in [0.5, 0.6) is 23.0 Å². The Balaban J connectivity index is 2.25. The minimum Gasteiger partial charge on any atom is -0.496 e. The summed E-state index contributed by atoms with van der Waals surface area (Å²) in [5.74, 6) is 1.26. The van der Waals surface area contributed by atoms with Crippen LogP contribution < -0.4 is 18.9 Å². The molecule has 0 aliphatic heterocycles. The number of carboxylic acids is 1. The Kier molecular flexibility index (Phi) is 6.28. The van der Waals surface area contributed by atoms with Gasteiger partial charge >= 0.3 is 5.97 Å². The predicted octanol–water partition coefficient (Wildman–Crippen LogP) is 3.39. The van der Waals surface area contributed by atoms with E-state index in [1.54, 1.807) is 51.7 Å². The third-order valence-corrected chi connectivity index (χ3v) is 3.47. The molecule has 0 spiro atoms. The van der Waals surface area contributed by atoms with Gasteiger partial charge < -0.3 is 24.1 Å². The summed E-state index contributed by atoms with van der Waals surface area (Å²) in [6.45, 7) is 0.224. The van der Waals surface area contributed by atoms with Crippen LogP contribution in [-0.4, -0.2) is 32.4 Å². The van der Waals surface area contributed by atoms with Crippen LogP contribution in [0, 0.1) is 0 Å². The van der Waals surface area contributed by atoms with Crippen molar-refractivity contribution in [3.8, 4) is 23.0 Å². The summed E-state index contributed by atoms with van der Waals surface area (Å²) in [4.78, 5) is 10.7. The molecule has 0 saturated heterocycles. The van der Waals surface area contributed by atoms with Crippen molar-refractivity contribution in [3.05, 3.63) is 53.6 Å². The van der Waals surface area contributed by atoms with Gasteiger partial charge in [0.2, 0.25) is 5.75 Å². The largest absolute Gasteiger partial charge is 0.496 e. The maximum atomic E-state index is 10.7. The van der Waals surface area contributed by atoms with Crippen molar-refractivity contribution < 1.29 is 28.8 Å². The van der Waals surface area contributed by atoms with Crippen LogP contribution in [0.25, 0.3) is 6.08 Å². The zero-order chi connectivity index (χ0) is 18.2. The average Bonchev–Trinajstić information content (AvgIpc) is 2.64. The van der Waals surface area contributed by atoms with E-state index in [4.69, 9.17) is 24.1 Å². The van der Waals surface area contributed by atoms with Gasteiger partial charge in [0.25, 0.3) is 0 Å². The van der Waals surface area contributed by atoms with Crippen LogP contribution in [0.1, 0.15) is 11.1 Å². The molecule has 0 amide bonds. The molecule has 0 unspecified atom stereocenters. The Hall–Kier alpha value is -3.15. The van der Waals surface area contributed by atoms with Gasteiger partial charge in [0.05, 0.1) is 21.3 Å². The lowest BCUT2D eigenvalue weighted by molar-refractivity contribution is -0.131. The highest BCUT2D eigenvalue weighted by Crippen LogP contribution is 2.37. The summed E-state index contributed by atoms with van der Waals surface area (Å²) in [5.41, 5.74) is 1.51. The highest BCUT2D eigenvalue weighted by Gasteiger charge is 2.12. The lowest BCUT2D eigenvalue weighted by Gasteiger charge is -2.15. The lowest BCUT2D eigenvalue weighted by Crippen LogP contribution is -2.01. The molecule has 0 saturated carbocycles. The first-order chi connectivity index (χ1) is 12.1. The SMILES string of the molecule is COc1ccc(/C=C/C(=O)O)cc1COc1cccc(OC)c1OC. The summed E-state index contributed by atoms with van der Waals surface area (Å²) in [6.07, 6.45) is 2.59. The number of para-hydroxylation sites is 1. The van der Waals surface area contributed by atoms with Gasteiger partial charge in [-0.05, 0) is 35.9 Å². The molecule has 0 bridgehead atoms. The van der Waals surface area contributed by atoms with E-state index in [9.17, 15) is 4.79 Å². The number of ether oxygens (including phenoxy) is 4. The second-order valence-corrected chi connectivity index (χ2v) is 5.02. The van der Waals surface area contributed by atoms with Crippen LogP contribution in [-0.2, 0) is 11.4 Å². The lowest BCUT2D eigenvalue weighted by atomic mass is 10.1. The third-order valence-electron chi connectivity index (χ3n) is 3.47. The summed E-state index contributed by atoms with van der Waals surface area (Å²) in [7, 11) is 4.67. The zero-order valence-corrected chi connectivity index (χ0v) is 14.3. The average molecular weight is 344 g/mol. The van der Waals surface area contributed by atoms with Crippen LogP contribution in [0.15, 0.2) is 42.5 Å². The fourth-order valence-electron chi connectivity index (χ4n) is 2.31. The Morgan fingerprint density at radius 3 is 2.36 bits per heavy atom. The summed E-state index contributed by atoms with van der Waals surface area (Å²) >= 11 is 0. The monoisotopic (exact) mass is 344 g/mol. The van der Waals surface area contributed by atoms with Gasteiger partial charge in [-0.25, -0.2) is 4.79 Å². The molecule has 0 aromatic heterocycles. The summed E-state index contributed by atoms with van der Waals surface area (Å²) in [6, 6.07) is 10.7. The molecular formula is C19H20O6. The molecule has 132 valence electrons. The van der Waals surface area contributed by atoms with Crippen molar-refractivity contribution in [3.63, 3.8) is 0 Å². The first-order valence-corrected chi connectivity index (χ1v) is 7.50. The maximum absolute atomic E-state index is 10.7. The Labute approximate surface area is 146 Å². The van der Waals surface area contributed by atoms with Crippen molar-refractivity contribution in [2.24, 2.45) is 0 Å². The van der Waals surface area contributed by atoms with Crippen molar-refractivity contribution in [2.45, 2.75) is 6.61 Å². The molecule has 0 atom stereocenters. The molecule has 2 aromatic carbocycles. The van der Waals surface area contributed by atoms with E-state index >= 15 is 0 Å². The number of hydrogen-bond donors (Lipinski definition) is 1. The van der Waals surface area contributed by atoms with Crippen molar-refractivity contribution in [1.29, 1.82) is 0 Å². The fraction of sp³-hybridized carbons (Fsp3) is 0.211. The van der Waals surface area contributed by atoms with Crippen molar-refractivity contribution in [1.82, 2.24) is 0 Å². The Morgan fingerprint density at radius 2 is 1.72 bits per heavy atom. The Morgan fingerprint density at radius 1 is 1.00 bits per heavy atom. The normalized spacial score (nSPS) is 10.5. The van der Waals surface area contributed by atoms with Gasteiger partial charge in [-0.1, -0.05) is 12.1 Å². The first-order valence-electron chi connectivity index (χ1n) is 7.50. The Bertz CT molecular complexity index is 767. The summed E-state index contributed by atoms with van der Waals surface area (Å²) in [5, 5.41) is 8.74. The highest BCUT2D eigenvalue weighted by atomic mass is 16.5. The second-order valence-electron chi connectivity index (χ2n) is 5.02. The van der Waals surface area contributed by atoms with Gasteiger partial charge in [-0.2, -0.15) is 0 Å². The number of rotatable bonds is 8. The number of carbonyl (C=O) groups is 1. The quantitative estimate of drug-likeness (QED) is 0.740. The standard InChI is InChI=1S/C19H20O6/c1-22-15-9-7-13(8-10-18(20)21)11-14(15)12-25-17-6-4-5-16(23-2)19(17)24-3/h4-11H,12H2,1-3H3,(H,20,21)/b10-8+. The third kappa shape index (κ3) is 4.67.